The summed E-state index contributed by atoms with van der Waals surface area (Å²) in [6.07, 6.45) is 12.8. The Labute approximate surface area is 394 Å². The van der Waals surface area contributed by atoms with Crippen molar-refractivity contribution in [2.24, 2.45) is 0 Å². The van der Waals surface area contributed by atoms with Gasteiger partial charge in [0.05, 0.1) is 28.5 Å². The van der Waals surface area contributed by atoms with Crippen LogP contribution in [0.3, 0.4) is 0 Å². The molecule has 0 fully saturated rings. The number of alkyl halides is 3. The first kappa shape index (κ1) is 49.2. The van der Waals surface area contributed by atoms with Gasteiger partial charge < -0.3 is 15.6 Å². The van der Waals surface area contributed by atoms with Crippen molar-refractivity contribution in [1.29, 1.82) is 0 Å². The number of nitrogens with zero attached hydrogens (tertiary/aromatic N) is 7. The molecular formula is C51H46F3N7RuS2. The van der Waals surface area contributed by atoms with Crippen LogP contribution in [0.2, 0.25) is 0 Å². The number of aryl methyl sites for hydroxylation is 3. The van der Waals surface area contributed by atoms with Crippen LogP contribution in [0.5, 0.6) is 0 Å². The van der Waals surface area contributed by atoms with E-state index in [4.69, 9.17) is 10.4 Å². The molecule has 326 valence electrons. The van der Waals surface area contributed by atoms with Gasteiger partial charge in [-0.05, 0) is 142 Å². The van der Waals surface area contributed by atoms with E-state index in [-0.39, 0.29) is 25.2 Å². The van der Waals surface area contributed by atoms with E-state index >= 15 is 0 Å². The molecule has 0 saturated carbocycles. The van der Waals surface area contributed by atoms with Crippen molar-refractivity contribution in [3.8, 4) is 44.6 Å². The van der Waals surface area contributed by atoms with Gasteiger partial charge in [0.1, 0.15) is 5.69 Å². The molecule has 0 saturated heterocycles. The number of pyridine rings is 4. The minimum Gasteiger partial charge on any atom is -0.753 e. The van der Waals surface area contributed by atoms with Crippen LogP contribution in [0.15, 0.2) is 127 Å². The van der Waals surface area contributed by atoms with E-state index < -0.39 is 11.9 Å². The maximum absolute atomic E-state index is 12.7. The second kappa shape index (κ2) is 24.3. The minimum absolute atomic E-state index is 0. The number of halogens is 3. The van der Waals surface area contributed by atoms with E-state index in [9.17, 15) is 13.2 Å². The van der Waals surface area contributed by atoms with E-state index in [2.05, 4.69) is 155 Å². The van der Waals surface area contributed by atoms with Crippen LogP contribution in [0.1, 0.15) is 80.0 Å². The summed E-state index contributed by atoms with van der Waals surface area (Å²) in [5, 5.41) is 19.9. The molecule has 0 spiro atoms. The normalized spacial score (nSPS) is 11.0. The summed E-state index contributed by atoms with van der Waals surface area (Å²) in [4.78, 5) is 19.5. The van der Waals surface area contributed by atoms with Crippen molar-refractivity contribution >= 4 is 51.6 Å². The second-order valence-electron chi connectivity index (χ2n) is 14.6. The molecule has 6 aromatic heterocycles. The molecule has 0 N–H and O–H groups in total. The number of aromatic nitrogens is 6. The largest absolute Gasteiger partial charge is 2.00 e. The Morgan fingerprint density at radius 1 is 0.688 bits per heavy atom. The zero-order valence-electron chi connectivity index (χ0n) is 35.7. The van der Waals surface area contributed by atoms with Crippen molar-refractivity contribution in [2.75, 3.05) is 0 Å². The zero-order chi connectivity index (χ0) is 44.6. The smallest absolute Gasteiger partial charge is 0.753 e. The molecule has 13 heteroatoms. The minimum atomic E-state index is -4.50. The summed E-state index contributed by atoms with van der Waals surface area (Å²) in [7, 11) is 0. The van der Waals surface area contributed by atoms with Gasteiger partial charge in [0.15, 0.2) is 0 Å². The number of hydrogen-bond acceptors (Lipinski definition) is 7. The molecule has 2 aromatic carbocycles. The number of thiocarbonyl (C=S) groups is 1. The van der Waals surface area contributed by atoms with Gasteiger partial charge in [0.25, 0.3) is 0 Å². The average Bonchev–Trinajstić information content (AvgIpc) is 4.02. The Morgan fingerprint density at radius 3 is 2.02 bits per heavy atom. The predicted molar refractivity (Wildman–Crippen MR) is 255 cm³/mol. The second-order valence-corrected chi connectivity index (χ2v) is 15.7. The Bertz CT molecular complexity index is 2810. The third kappa shape index (κ3) is 13.6. The first-order valence-corrected chi connectivity index (χ1v) is 22.1. The van der Waals surface area contributed by atoms with E-state index in [0.717, 1.165) is 70.5 Å². The summed E-state index contributed by atoms with van der Waals surface area (Å²) >= 11 is 5.34. The molecule has 0 atom stereocenters. The third-order valence-corrected chi connectivity index (χ3v) is 11.2. The molecule has 0 aliphatic carbocycles. The van der Waals surface area contributed by atoms with Crippen molar-refractivity contribution in [3.63, 3.8) is 0 Å². The van der Waals surface area contributed by atoms with Gasteiger partial charge >= 0.3 is 25.7 Å². The average molecular weight is 979 g/mol. The van der Waals surface area contributed by atoms with Crippen LogP contribution in [0.4, 0.5) is 13.2 Å². The van der Waals surface area contributed by atoms with E-state index in [1.807, 2.05) is 24.5 Å². The van der Waals surface area contributed by atoms with Gasteiger partial charge in [-0.3, -0.25) is 15.0 Å². The molecule has 0 bridgehead atoms. The molecule has 64 heavy (non-hydrogen) atoms. The first-order valence-electron chi connectivity index (χ1n) is 20.8. The van der Waals surface area contributed by atoms with Crippen LogP contribution >= 0.6 is 23.6 Å². The molecule has 7 nitrogen and oxygen atoms in total. The molecular weight excluding hydrogens is 933 g/mol. The molecule has 0 aliphatic heterocycles. The van der Waals surface area contributed by atoms with Gasteiger partial charge in [0.2, 0.25) is 0 Å². The third-order valence-electron chi connectivity index (χ3n) is 10.2. The van der Waals surface area contributed by atoms with Crippen molar-refractivity contribution in [1.82, 2.24) is 30.1 Å². The Hall–Kier alpha value is -5.84. The van der Waals surface area contributed by atoms with Crippen LogP contribution in [-0.4, -0.2) is 30.2 Å². The fourth-order valence-electron chi connectivity index (χ4n) is 6.88. The zero-order valence-corrected chi connectivity index (χ0v) is 39.0. The number of rotatable bonds is 13. The SMILES string of the molecule is CCCCCCc1ccsc1-c1ccnc(-c2cc(C(F)(F)F)n[n-]2)c1.CCc1ccnc(-c2cc(CC)cc(-c3cc(/C=C/c4ccc5ccccc5c4)ccn3)n2)c1.[N-]=C=S.[Ru+2]. The topological polar surface area (TPSA) is 101 Å². The number of fused-ring (bicyclic) bond motifs is 1. The van der Waals surface area contributed by atoms with Gasteiger partial charge in [-0.25, -0.2) is 4.98 Å². The first-order chi connectivity index (χ1) is 30.6. The monoisotopic (exact) mass is 979 g/mol. The summed E-state index contributed by atoms with van der Waals surface area (Å²) in [5.74, 6) is 0. The standard InChI is InChI=1S/C31H27N3.C19H19F3N3S.CNS.Ru/c1-3-22-13-15-32-28(18-22)30-19-23(4-2)20-31(34-30)29-21-25(14-16-33-29)10-9-24-11-12-26-7-5-6-8-27(26)17-24;1-2-3-4-5-6-13-8-10-26-18(13)14-7-9-23-15(11-14)16-12-17(25-24-16)19(20,21)22;2-1-3;/h5-21H,3-4H2,1-2H3;7-12H,2-6H2,1H3;;/q;2*-1;+2/b10-9+;;;. The van der Waals surface area contributed by atoms with E-state index in [1.54, 1.807) is 23.6 Å². The molecule has 0 radical (unpaired) electrons. The molecule has 8 rings (SSSR count). The quantitative estimate of drug-likeness (QED) is 0.0491. The molecule has 6 heterocycles. The fourth-order valence-corrected chi connectivity index (χ4v) is 7.83. The summed E-state index contributed by atoms with van der Waals surface area (Å²) < 4.78 is 38.2. The van der Waals surface area contributed by atoms with Gasteiger partial charge in [0, 0.05) is 23.5 Å². The van der Waals surface area contributed by atoms with Crippen molar-refractivity contribution in [3.05, 3.63) is 166 Å². The summed E-state index contributed by atoms with van der Waals surface area (Å²) in [6.45, 7) is 6.50. The Morgan fingerprint density at radius 2 is 1.33 bits per heavy atom. The van der Waals surface area contributed by atoms with Crippen molar-refractivity contribution < 1.29 is 32.6 Å². The molecule has 0 amide bonds. The maximum Gasteiger partial charge on any atom is 2.00 e. The van der Waals surface area contributed by atoms with Crippen LogP contribution in [-0.2, 0) is 44.9 Å². The Balaban J connectivity index is 0.000000231. The maximum atomic E-state index is 12.7. The van der Waals surface area contributed by atoms with Crippen LogP contribution in [0.25, 0.3) is 72.9 Å². The van der Waals surface area contributed by atoms with Gasteiger partial charge in [-0.2, -0.15) is 18.3 Å². The molecule has 8 aromatic rings. The number of benzene rings is 2. The van der Waals surface area contributed by atoms with Crippen molar-refractivity contribution in [2.45, 2.75) is 71.9 Å². The van der Waals surface area contributed by atoms with Crippen LogP contribution in [0, 0.1) is 0 Å². The van der Waals surface area contributed by atoms with E-state index in [1.165, 1.54) is 57.4 Å². The van der Waals surface area contributed by atoms with Gasteiger partial charge in [-0.15, -0.1) is 11.3 Å². The molecule has 0 aliphatic rings. The number of thiophene rings is 1. The van der Waals surface area contributed by atoms with Crippen LogP contribution < -0.4 is 5.10 Å². The fraction of sp³-hybridized carbons (Fsp3) is 0.216. The number of isothiocyanates is 1. The summed E-state index contributed by atoms with van der Waals surface area (Å²) in [5.41, 5.74) is 10.1. The van der Waals surface area contributed by atoms with E-state index in [0.29, 0.717) is 5.69 Å². The Kier molecular flexibility index (Phi) is 18.7. The summed E-state index contributed by atoms with van der Waals surface area (Å²) in [6, 6.07) is 34.2. The molecule has 0 unspecified atom stereocenters. The predicted octanol–water partition coefficient (Wildman–Crippen LogP) is 14.3. The number of hydrogen-bond donors (Lipinski definition) is 0. The number of unbranched alkanes of at least 4 members (excludes halogenated alkanes) is 3. The van der Waals surface area contributed by atoms with Gasteiger partial charge in [-0.1, -0.05) is 106 Å².